The Balaban J connectivity index is 0.0000137. The van der Waals surface area contributed by atoms with E-state index in [4.69, 9.17) is 56.8 Å². The largest absolute Gasteiger partial charge is 1.00 e. The van der Waals surface area contributed by atoms with Crippen LogP contribution in [0.3, 0.4) is 0 Å². The summed E-state index contributed by atoms with van der Waals surface area (Å²) in [5.41, 5.74) is 0. The van der Waals surface area contributed by atoms with E-state index in [2.05, 4.69) is 0 Å². The van der Waals surface area contributed by atoms with Crippen molar-refractivity contribution in [2.24, 2.45) is 0 Å². The second-order valence-corrected chi connectivity index (χ2v) is 22.1. The average Bonchev–Trinajstić information content (AvgIpc) is 3.25. The van der Waals surface area contributed by atoms with Crippen LogP contribution in [-0.4, -0.2) is 365 Å². The third-order valence-corrected chi connectivity index (χ3v) is 12.2. The van der Waals surface area contributed by atoms with Crippen molar-refractivity contribution in [3.05, 3.63) is 0 Å². The number of hydrogen-bond acceptors (Lipinski definition) is 24. The molecule has 14 N–H and O–H groups in total. The van der Waals surface area contributed by atoms with Crippen LogP contribution in [-0.2, 0) is 56.8 Å². The molecule has 0 radical (unpaired) electrons. The van der Waals surface area contributed by atoms with Gasteiger partial charge >= 0.3 is 0 Å². The zero-order valence-corrected chi connectivity index (χ0v) is 46.9. The summed E-state index contributed by atoms with van der Waals surface area (Å²) in [6.07, 6.45) is -35.2. The molecule has 0 bridgehead atoms. The van der Waals surface area contributed by atoms with E-state index in [9.17, 15) is 61.3 Å². The number of nitrogens with zero attached hydrogens (tertiary/aromatic N) is 3. The average molecular weight is 1170 g/mol. The minimum Gasteiger partial charge on any atom is -1.00 e. The van der Waals surface area contributed by atoms with Crippen molar-refractivity contribution in [2.45, 2.75) is 141 Å². The number of methoxy groups -OCH3 is 2. The van der Waals surface area contributed by atoms with Gasteiger partial charge in [0.1, 0.15) is 136 Å². The van der Waals surface area contributed by atoms with Gasteiger partial charge in [0.25, 0.3) is 0 Å². The van der Waals surface area contributed by atoms with Gasteiger partial charge in [-0.05, 0) is 0 Å². The van der Waals surface area contributed by atoms with Crippen molar-refractivity contribution in [1.29, 1.82) is 0 Å². The topological polar surface area (TPSA) is 385 Å². The predicted octanol–water partition coefficient (Wildman–Crippen LogP) is -18.0. The van der Waals surface area contributed by atoms with E-state index in [1.807, 2.05) is 63.4 Å². The van der Waals surface area contributed by atoms with Crippen LogP contribution in [0.2, 0.25) is 0 Å². The van der Waals surface area contributed by atoms with Crippen LogP contribution in [0.15, 0.2) is 0 Å². The minimum atomic E-state index is -2.02. The Morgan fingerprint density at radius 2 is 0.680 bits per heavy atom. The third kappa shape index (κ3) is 22.6. The van der Waals surface area contributed by atoms with Crippen LogP contribution >= 0.6 is 0 Å². The Bertz CT molecular complexity index is 1550. The molecule has 0 amide bonds. The zero-order valence-electron chi connectivity index (χ0n) is 44.6. The first kappa shape index (κ1) is 74.8. The number of quaternary nitrogens is 3. The molecule has 0 saturated carbocycles. The van der Waals surface area contributed by atoms with Gasteiger partial charge in [0, 0.05) is 14.2 Å². The van der Waals surface area contributed by atoms with Crippen LogP contribution in [0.1, 0.15) is 0 Å². The van der Waals surface area contributed by atoms with Crippen molar-refractivity contribution in [2.75, 3.05) is 144 Å². The van der Waals surface area contributed by atoms with E-state index >= 15 is 0 Å². The van der Waals surface area contributed by atoms with Crippen LogP contribution in [0.5, 0.6) is 0 Å². The van der Waals surface area contributed by atoms with Crippen LogP contribution in [0.25, 0.3) is 0 Å². The molecule has 75 heavy (non-hydrogen) atoms. The quantitative estimate of drug-likeness (QED) is 0.0340. The Morgan fingerprint density at radius 3 is 1.05 bits per heavy atom. The van der Waals surface area contributed by atoms with Gasteiger partial charge in [0.15, 0.2) is 25.2 Å². The Labute approximate surface area is 457 Å². The summed E-state index contributed by atoms with van der Waals surface area (Å²) < 4.78 is 71.0. The molecule has 28 nitrogen and oxygen atoms in total. The summed E-state index contributed by atoms with van der Waals surface area (Å²) in [4.78, 5) is 0. The first-order valence-electron chi connectivity index (χ1n) is 23.9. The fraction of sp³-hybridized carbons (Fsp3) is 1.00. The van der Waals surface area contributed by atoms with Gasteiger partial charge in [0.2, 0.25) is 0 Å². The SMILES string of the molecule is CO[C@H]1O[C@@H](CO[C@H]2O[C@@H](COCC(O)C[N+](C)(C)C)[C@H](O)C(O)C2O)[C@@H](O[C@@H]2OC(COCC(O)C[N+](C)(C)C)[C@@H](O[C@@H]3O[C@@H](COCC(O)C[N+](C)(C)C)[C@@H](OC)C(O)C3O)[C@@H](O)C2O)C(O)C1O.O.[Cl-].[Cl-].[Cl-]. The van der Waals surface area contributed by atoms with Gasteiger partial charge in [-0.2, -0.15) is 0 Å². The predicted molar refractivity (Wildman–Crippen MR) is 245 cm³/mol. The fourth-order valence-corrected chi connectivity index (χ4v) is 8.87. The molecule has 0 aromatic rings. The van der Waals surface area contributed by atoms with Gasteiger partial charge in [-0.1, -0.05) is 0 Å². The van der Waals surface area contributed by atoms with Crippen molar-refractivity contribution >= 4 is 0 Å². The molecule has 0 aliphatic carbocycles. The lowest BCUT2D eigenvalue weighted by Crippen LogP contribution is -3.00. The second kappa shape index (κ2) is 33.0. The van der Waals surface area contributed by atoms with Crippen molar-refractivity contribution in [3.63, 3.8) is 0 Å². The highest BCUT2D eigenvalue weighted by Crippen LogP contribution is 2.34. The second-order valence-electron chi connectivity index (χ2n) is 22.1. The Kier molecular flexibility index (Phi) is 32.9. The molecule has 4 aliphatic heterocycles. The molecular weight excluding hydrogens is 1080 g/mol. The number of aliphatic hydroxyl groups excluding tert-OH is 12. The summed E-state index contributed by atoms with van der Waals surface area (Å²) in [7, 11) is 19.4. The number of rotatable bonds is 27. The van der Waals surface area contributed by atoms with Crippen molar-refractivity contribution in [1.82, 2.24) is 0 Å². The van der Waals surface area contributed by atoms with Crippen LogP contribution in [0.4, 0.5) is 0 Å². The smallest absolute Gasteiger partial charge is 0.187 e. The summed E-state index contributed by atoms with van der Waals surface area (Å²) >= 11 is 0. The van der Waals surface area contributed by atoms with Crippen LogP contribution in [0, 0.1) is 0 Å². The molecule has 4 rings (SSSR count). The van der Waals surface area contributed by atoms with Crippen molar-refractivity contribution in [3.8, 4) is 0 Å². The molecule has 4 fully saturated rings. The third-order valence-electron chi connectivity index (χ3n) is 12.2. The lowest BCUT2D eigenvalue weighted by Gasteiger charge is -2.48. The molecule has 31 heteroatoms. The highest BCUT2D eigenvalue weighted by molar-refractivity contribution is 4.97. The van der Waals surface area contributed by atoms with E-state index in [1.165, 1.54) is 14.2 Å². The standard InChI is InChI=1S/C44H88N3O24.3ClH.H2O/c1-45(2,3)12-22(48)15-62-18-25-29(51)30(52)34(56)42(66-25)65-21-28-40(32(54)35(57)41(61-11)67-28)71-44-37(59)33(55)39(27(69-44)20-64-17-24(50)14-47(7,8)9)70-43-36(58)31(53)38(60-10)26(68-43)19-63-16-23(49)13-46(4,5)6;;;;/h22-44,48-59H,12-21H2,1-11H3;3*1H;1H2/q+3;;;;/p-3/t22?,23?,24?,25-,26-,27?,28-,29-,30?,31?,32?,33-,34?,35?,36?,37?,38+,39+,40+,41-,42-,43-,44-;;;;/m0..../s1. The Morgan fingerprint density at radius 1 is 0.373 bits per heavy atom. The number of likely N-dealkylation sites (N-methyl/N-ethyl adjacent to an activating group) is 3. The van der Waals surface area contributed by atoms with Crippen LogP contribution < -0.4 is 37.2 Å². The summed E-state index contributed by atoms with van der Waals surface area (Å²) in [6.45, 7) is -1.07. The number of ether oxygens (including phenoxy) is 12. The number of aliphatic hydroxyl groups is 12. The molecule has 0 aromatic carbocycles. The zero-order chi connectivity index (χ0) is 53.3. The highest BCUT2D eigenvalue weighted by Gasteiger charge is 2.55. The molecule has 23 atom stereocenters. The molecule has 0 spiro atoms. The fourth-order valence-electron chi connectivity index (χ4n) is 8.87. The molecule has 4 heterocycles. The van der Waals surface area contributed by atoms with Gasteiger partial charge in [-0.15, -0.1) is 0 Å². The molecule has 4 saturated heterocycles. The Hall–Kier alpha value is -0.250. The lowest BCUT2D eigenvalue weighted by molar-refractivity contribution is -0.873. The highest BCUT2D eigenvalue weighted by atomic mass is 35.5. The number of hydrogen-bond donors (Lipinski definition) is 12. The first-order chi connectivity index (χ1) is 32.9. The van der Waals surface area contributed by atoms with E-state index < -0.39 is 154 Å². The first-order valence-corrected chi connectivity index (χ1v) is 23.9. The molecule has 11 unspecified atom stereocenters. The van der Waals surface area contributed by atoms with Gasteiger partial charge < -0.3 is 174 Å². The maximum atomic E-state index is 11.8. The number of halogens is 3. The van der Waals surface area contributed by atoms with E-state index in [0.29, 0.717) is 26.5 Å². The summed E-state index contributed by atoms with van der Waals surface area (Å²) in [5, 5.41) is 132. The maximum absolute atomic E-state index is 11.8. The normalized spacial score (nSPS) is 38.0. The van der Waals surface area contributed by atoms with Crippen molar-refractivity contribution < 1.29 is 174 Å². The van der Waals surface area contributed by atoms with E-state index in [1.54, 1.807) is 0 Å². The van der Waals surface area contributed by atoms with Gasteiger partial charge in [-0.3, -0.25) is 0 Å². The monoisotopic (exact) mass is 1170 g/mol. The van der Waals surface area contributed by atoms with Gasteiger partial charge in [0.05, 0.1) is 110 Å². The minimum absolute atomic E-state index is 0. The summed E-state index contributed by atoms with van der Waals surface area (Å²) in [5.74, 6) is 0. The molecule has 452 valence electrons. The maximum Gasteiger partial charge on any atom is 0.187 e. The van der Waals surface area contributed by atoms with E-state index in [0.717, 1.165) is 0 Å². The van der Waals surface area contributed by atoms with E-state index in [-0.39, 0.29) is 82.3 Å². The molecule has 4 aliphatic rings. The summed E-state index contributed by atoms with van der Waals surface area (Å²) in [6, 6.07) is 0. The molecular formula is C44H90Cl3N3O25. The molecule has 0 aromatic heterocycles. The van der Waals surface area contributed by atoms with Gasteiger partial charge in [-0.25, -0.2) is 0 Å². The lowest BCUT2D eigenvalue weighted by atomic mass is 9.96.